The minimum Gasteiger partial charge on any atom is -0.361 e. The van der Waals surface area contributed by atoms with Gasteiger partial charge >= 0.3 is 0 Å². The number of thioether (sulfide) groups is 1. The fourth-order valence-electron chi connectivity index (χ4n) is 3.03. The monoisotopic (exact) mass is 288 g/mol. The van der Waals surface area contributed by atoms with Crippen LogP contribution in [-0.4, -0.2) is 28.4 Å². The summed E-state index contributed by atoms with van der Waals surface area (Å²) in [5.41, 5.74) is 1.68. The van der Waals surface area contributed by atoms with Crippen LogP contribution in [0.3, 0.4) is 0 Å². The van der Waals surface area contributed by atoms with Crippen molar-refractivity contribution in [3.05, 3.63) is 36.0 Å². The molecule has 0 bridgehead atoms. The largest absolute Gasteiger partial charge is 0.361 e. The molecule has 2 atom stereocenters. The number of fused-ring (bicyclic) bond motifs is 1. The molecule has 1 aromatic carbocycles. The Morgan fingerprint density at radius 1 is 1.35 bits per heavy atom. The number of aromatic amines is 1. The van der Waals surface area contributed by atoms with Crippen molar-refractivity contribution in [1.82, 2.24) is 10.3 Å². The zero-order valence-corrected chi connectivity index (χ0v) is 12.5. The zero-order chi connectivity index (χ0) is 13.9. The first-order valence-electron chi connectivity index (χ1n) is 7.17. The standard InChI is InChI=1S/C16H20N2OS/c1-20-13-6-3-5-12(10-13)18-16(19)14-7-2-4-11-8-9-17-15(11)14/h2,4,7-9,12-13,17H,3,5-6,10H2,1H3,(H,18,19). The predicted molar refractivity (Wildman–Crippen MR) is 85.3 cm³/mol. The number of amides is 1. The van der Waals surface area contributed by atoms with Crippen molar-refractivity contribution in [3.63, 3.8) is 0 Å². The Balaban J connectivity index is 1.74. The summed E-state index contributed by atoms with van der Waals surface area (Å²) in [6.45, 7) is 0. The van der Waals surface area contributed by atoms with Gasteiger partial charge in [-0.05, 0) is 37.7 Å². The molecule has 1 amide bonds. The molecule has 0 radical (unpaired) electrons. The van der Waals surface area contributed by atoms with E-state index in [0.29, 0.717) is 11.3 Å². The lowest BCUT2D eigenvalue weighted by Gasteiger charge is -2.28. The van der Waals surface area contributed by atoms with Gasteiger partial charge in [-0.3, -0.25) is 4.79 Å². The Hall–Kier alpha value is -1.42. The number of benzene rings is 1. The van der Waals surface area contributed by atoms with Crippen molar-refractivity contribution in [2.24, 2.45) is 0 Å². The van der Waals surface area contributed by atoms with E-state index in [4.69, 9.17) is 0 Å². The Morgan fingerprint density at radius 3 is 3.10 bits per heavy atom. The lowest BCUT2D eigenvalue weighted by molar-refractivity contribution is 0.0930. The molecule has 0 aliphatic heterocycles. The summed E-state index contributed by atoms with van der Waals surface area (Å²) < 4.78 is 0. The molecule has 3 rings (SSSR count). The molecule has 2 unspecified atom stereocenters. The lowest BCUT2D eigenvalue weighted by Crippen LogP contribution is -2.39. The first-order valence-corrected chi connectivity index (χ1v) is 8.46. The molecule has 0 spiro atoms. The molecule has 3 nitrogen and oxygen atoms in total. The molecule has 1 aliphatic carbocycles. The maximum atomic E-state index is 12.5. The SMILES string of the molecule is CSC1CCCC(NC(=O)c2cccc3cc[nH]c23)C1. The predicted octanol–water partition coefficient (Wildman–Crippen LogP) is 3.57. The fraction of sp³-hybridized carbons (Fsp3) is 0.438. The molecule has 0 saturated heterocycles. The van der Waals surface area contributed by atoms with Crippen LogP contribution >= 0.6 is 11.8 Å². The van der Waals surface area contributed by atoms with Gasteiger partial charge in [0.05, 0.1) is 11.1 Å². The van der Waals surface area contributed by atoms with Crippen molar-refractivity contribution in [2.75, 3.05) is 6.26 Å². The fourth-order valence-corrected chi connectivity index (χ4v) is 3.85. The van der Waals surface area contributed by atoms with E-state index in [1.54, 1.807) is 0 Å². The smallest absolute Gasteiger partial charge is 0.253 e. The molecule has 1 fully saturated rings. The van der Waals surface area contributed by atoms with Gasteiger partial charge in [0.15, 0.2) is 0 Å². The molecular formula is C16H20N2OS. The van der Waals surface area contributed by atoms with Gasteiger partial charge in [0, 0.05) is 22.9 Å². The number of hydrogen-bond donors (Lipinski definition) is 2. The summed E-state index contributed by atoms with van der Waals surface area (Å²) in [6.07, 6.45) is 8.72. The molecule has 20 heavy (non-hydrogen) atoms. The number of rotatable bonds is 3. The third kappa shape index (κ3) is 2.70. The summed E-state index contributed by atoms with van der Waals surface area (Å²) in [5, 5.41) is 4.99. The van der Waals surface area contributed by atoms with Crippen molar-refractivity contribution < 1.29 is 4.79 Å². The van der Waals surface area contributed by atoms with Crippen molar-refractivity contribution >= 4 is 28.6 Å². The van der Waals surface area contributed by atoms with E-state index < -0.39 is 0 Å². The Bertz CT molecular complexity index is 607. The van der Waals surface area contributed by atoms with Crippen LogP contribution in [0.25, 0.3) is 10.9 Å². The topological polar surface area (TPSA) is 44.9 Å². The van der Waals surface area contributed by atoms with Crippen LogP contribution in [0.1, 0.15) is 36.0 Å². The van der Waals surface area contributed by atoms with E-state index in [-0.39, 0.29) is 5.91 Å². The van der Waals surface area contributed by atoms with Gasteiger partial charge in [0.25, 0.3) is 5.91 Å². The highest BCUT2D eigenvalue weighted by atomic mass is 32.2. The zero-order valence-electron chi connectivity index (χ0n) is 11.7. The van der Waals surface area contributed by atoms with E-state index in [2.05, 4.69) is 16.6 Å². The second-order valence-electron chi connectivity index (χ2n) is 5.44. The molecule has 1 aliphatic rings. The van der Waals surface area contributed by atoms with E-state index in [9.17, 15) is 4.79 Å². The Morgan fingerprint density at radius 2 is 2.25 bits per heavy atom. The Kier molecular flexibility index (Phi) is 4.01. The highest BCUT2D eigenvalue weighted by Crippen LogP contribution is 2.27. The number of aromatic nitrogens is 1. The van der Waals surface area contributed by atoms with Gasteiger partial charge in [0.2, 0.25) is 0 Å². The van der Waals surface area contributed by atoms with Crippen molar-refractivity contribution in [3.8, 4) is 0 Å². The normalized spacial score (nSPS) is 22.9. The van der Waals surface area contributed by atoms with Gasteiger partial charge in [-0.1, -0.05) is 18.6 Å². The number of hydrogen-bond acceptors (Lipinski definition) is 2. The number of para-hydroxylation sites is 1. The quantitative estimate of drug-likeness (QED) is 0.907. The van der Waals surface area contributed by atoms with E-state index in [1.165, 1.54) is 12.8 Å². The minimum atomic E-state index is 0.0461. The summed E-state index contributed by atoms with van der Waals surface area (Å²) in [6, 6.07) is 8.17. The summed E-state index contributed by atoms with van der Waals surface area (Å²) in [5.74, 6) is 0.0461. The molecule has 2 N–H and O–H groups in total. The van der Waals surface area contributed by atoms with Crippen LogP contribution in [-0.2, 0) is 0 Å². The van der Waals surface area contributed by atoms with E-state index in [0.717, 1.165) is 29.3 Å². The third-order valence-corrected chi connectivity index (χ3v) is 5.22. The molecular weight excluding hydrogens is 268 g/mol. The maximum Gasteiger partial charge on any atom is 0.253 e. The van der Waals surface area contributed by atoms with Crippen LogP contribution in [0.2, 0.25) is 0 Å². The highest BCUT2D eigenvalue weighted by molar-refractivity contribution is 7.99. The summed E-state index contributed by atoms with van der Waals surface area (Å²) in [4.78, 5) is 15.6. The first kappa shape index (κ1) is 13.6. The number of carbonyl (C=O) groups is 1. The van der Waals surface area contributed by atoms with Crippen molar-refractivity contribution in [1.29, 1.82) is 0 Å². The van der Waals surface area contributed by atoms with Gasteiger partial charge in [-0.15, -0.1) is 0 Å². The molecule has 106 valence electrons. The van der Waals surface area contributed by atoms with Gasteiger partial charge in [-0.25, -0.2) is 0 Å². The summed E-state index contributed by atoms with van der Waals surface area (Å²) >= 11 is 1.92. The molecule has 4 heteroatoms. The van der Waals surface area contributed by atoms with Crippen LogP contribution in [0.15, 0.2) is 30.5 Å². The van der Waals surface area contributed by atoms with E-state index >= 15 is 0 Å². The van der Waals surface area contributed by atoms with Gasteiger partial charge in [-0.2, -0.15) is 11.8 Å². The number of carbonyl (C=O) groups excluding carboxylic acids is 1. The second kappa shape index (κ2) is 5.92. The van der Waals surface area contributed by atoms with Crippen LogP contribution < -0.4 is 5.32 Å². The lowest BCUT2D eigenvalue weighted by atomic mass is 9.94. The maximum absolute atomic E-state index is 12.5. The average Bonchev–Trinajstić information content (AvgIpc) is 2.95. The van der Waals surface area contributed by atoms with Crippen LogP contribution in [0.4, 0.5) is 0 Å². The van der Waals surface area contributed by atoms with Crippen LogP contribution in [0.5, 0.6) is 0 Å². The van der Waals surface area contributed by atoms with Gasteiger partial charge in [0.1, 0.15) is 0 Å². The van der Waals surface area contributed by atoms with Crippen molar-refractivity contribution in [2.45, 2.75) is 37.0 Å². The molecule has 1 saturated carbocycles. The molecule has 2 aromatic rings. The first-order chi connectivity index (χ1) is 9.78. The Labute approximate surface area is 123 Å². The number of nitrogens with one attached hydrogen (secondary N) is 2. The van der Waals surface area contributed by atoms with Gasteiger partial charge < -0.3 is 10.3 Å². The number of H-pyrrole nitrogens is 1. The molecule has 1 aromatic heterocycles. The third-order valence-electron chi connectivity index (χ3n) is 4.13. The highest BCUT2D eigenvalue weighted by Gasteiger charge is 2.23. The average molecular weight is 288 g/mol. The summed E-state index contributed by atoms with van der Waals surface area (Å²) in [7, 11) is 0. The molecule has 1 heterocycles. The van der Waals surface area contributed by atoms with E-state index in [1.807, 2.05) is 42.2 Å². The second-order valence-corrected chi connectivity index (χ2v) is 6.58. The van der Waals surface area contributed by atoms with Crippen LogP contribution in [0, 0.1) is 0 Å². The minimum absolute atomic E-state index is 0.0461.